The lowest BCUT2D eigenvalue weighted by atomic mass is 9.96. The molecule has 1 atom stereocenters. The molecule has 0 radical (unpaired) electrons. The summed E-state index contributed by atoms with van der Waals surface area (Å²) in [5.74, 6) is 0.0214. The molecule has 0 aliphatic rings. The molecule has 1 aromatic carbocycles. The number of aromatic amines is 1. The second-order valence-corrected chi connectivity index (χ2v) is 5.42. The molecule has 0 aliphatic heterocycles. The Morgan fingerprint density at radius 1 is 1.33 bits per heavy atom. The fourth-order valence-electron chi connectivity index (χ4n) is 2.33. The number of nitrogens with two attached hydrogens (primary N) is 1. The van der Waals surface area contributed by atoms with Crippen molar-refractivity contribution in [3.05, 3.63) is 47.3 Å². The van der Waals surface area contributed by atoms with Gasteiger partial charge in [0.25, 0.3) is 5.91 Å². The van der Waals surface area contributed by atoms with Gasteiger partial charge < -0.3 is 11.1 Å². The van der Waals surface area contributed by atoms with Gasteiger partial charge in [-0.1, -0.05) is 51.1 Å². The van der Waals surface area contributed by atoms with Gasteiger partial charge in [0.1, 0.15) is 0 Å². The van der Waals surface area contributed by atoms with Crippen molar-refractivity contribution in [2.75, 3.05) is 5.73 Å². The van der Waals surface area contributed by atoms with Crippen molar-refractivity contribution in [2.24, 2.45) is 5.92 Å². The number of aryl methyl sites for hydroxylation is 1. The third-order valence-corrected chi connectivity index (χ3v) is 3.56. The van der Waals surface area contributed by atoms with Crippen LogP contribution in [-0.2, 0) is 6.42 Å². The molecule has 1 aromatic heterocycles. The highest BCUT2D eigenvalue weighted by Crippen LogP contribution is 2.23. The Kier molecular flexibility index (Phi) is 4.62. The Morgan fingerprint density at radius 3 is 2.52 bits per heavy atom. The Labute approximate surface area is 124 Å². The molecular weight excluding hydrogens is 264 g/mol. The molecule has 0 aliphatic carbocycles. The van der Waals surface area contributed by atoms with Gasteiger partial charge in [0, 0.05) is 0 Å². The van der Waals surface area contributed by atoms with Crippen molar-refractivity contribution in [2.45, 2.75) is 33.2 Å². The highest BCUT2D eigenvalue weighted by Gasteiger charge is 2.22. The number of carbonyl (C=O) groups excluding carboxylic acids is 1. The van der Waals surface area contributed by atoms with Crippen LogP contribution in [0.3, 0.4) is 0 Å². The van der Waals surface area contributed by atoms with Gasteiger partial charge in [0.2, 0.25) is 0 Å². The van der Waals surface area contributed by atoms with E-state index in [0.29, 0.717) is 5.69 Å². The van der Waals surface area contributed by atoms with Crippen LogP contribution in [0.5, 0.6) is 0 Å². The van der Waals surface area contributed by atoms with Crippen LogP contribution in [-0.4, -0.2) is 16.1 Å². The van der Waals surface area contributed by atoms with Crippen molar-refractivity contribution in [1.29, 1.82) is 0 Å². The Hall–Kier alpha value is -2.30. The summed E-state index contributed by atoms with van der Waals surface area (Å²) >= 11 is 0. The summed E-state index contributed by atoms with van der Waals surface area (Å²) in [5, 5.41) is 9.87. The molecule has 5 heteroatoms. The third kappa shape index (κ3) is 3.24. The molecular formula is C16H22N4O. The number of amides is 1. The minimum absolute atomic E-state index is 0.0696. The number of nitrogens with one attached hydrogen (secondary N) is 2. The molecule has 112 valence electrons. The summed E-state index contributed by atoms with van der Waals surface area (Å²) in [7, 11) is 0. The molecule has 0 fully saturated rings. The van der Waals surface area contributed by atoms with E-state index in [1.54, 1.807) is 0 Å². The van der Waals surface area contributed by atoms with E-state index < -0.39 is 0 Å². The summed E-state index contributed by atoms with van der Waals surface area (Å²) in [4.78, 5) is 12.4. The average Bonchev–Trinajstić information content (AvgIpc) is 2.86. The quantitative estimate of drug-likeness (QED) is 0.790. The fourth-order valence-corrected chi connectivity index (χ4v) is 2.33. The predicted molar refractivity (Wildman–Crippen MR) is 83.9 cm³/mol. The minimum Gasteiger partial charge on any atom is -0.395 e. The molecule has 0 bridgehead atoms. The smallest absolute Gasteiger partial charge is 0.274 e. The number of rotatable bonds is 5. The van der Waals surface area contributed by atoms with E-state index in [1.807, 2.05) is 37.3 Å². The first kappa shape index (κ1) is 15.1. The standard InChI is InChI=1S/C16H22N4O/c1-4-12-13(17)15(20-19-12)16(21)18-14(10(2)3)11-8-6-5-7-9-11/h5-10,14H,4,17H2,1-3H3,(H,18,21)(H,19,20). The topological polar surface area (TPSA) is 83.8 Å². The van der Waals surface area contributed by atoms with E-state index in [0.717, 1.165) is 17.7 Å². The van der Waals surface area contributed by atoms with Crippen LogP contribution >= 0.6 is 0 Å². The van der Waals surface area contributed by atoms with E-state index in [-0.39, 0.29) is 23.6 Å². The summed E-state index contributed by atoms with van der Waals surface area (Å²) in [6, 6.07) is 9.85. The number of nitrogens with zero attached hydrogens (tertiary/aromatic N) is 1. The number of H-pyrrole nitrogens is 1. The van der Waals surface area contributed by atoms with Gasteiger partial charge in [-0.05, 0) is 17.9 Å². The zero-order valence-corrected chi connectivity index (χ0v) is 12.7. The molecule has 0 spiro atoms. The molecule has 1 amide bonds. The number of aromatic nitrogens is 2. The number of nitrogen functional groups attached to an aromatic ring is 1. The molecule has 0 saturated heterocycles. The molecule has 2 rings (SSSR count). The highest BCUT2D eigenvalue weighted by atomic mass is 16.2. The van der Waals surface area contributed by atoms with Crippen LogP contribution < -0.4 is 11.1 Å². The minimum atomic E-state index is -0.244. The van der Waals surface area contributed by atoms with E-state index in [2.05, 4.69) is 29.4 Å². The predicted octanol–water partition coefficient (Wildman–Crippen LogP) is 2.68. The Morgan fingerprint density at radius 2 is 2.00 bits per heavy atom. The van der Waals surface area contributed by atoms with Crippen LogP contribution in [0.1, 0.15) is 48.6 Å². The number of carbonyl (C=O) groups is 1. The monoisotopic (exact) mass is 286 g/mol. The van der Waals surface area contributed by atoms with Crippen LogP contribution in [0, 0.1) is 5.92 Å². The Bertz CT molecular complexity index is 604. The maximum atomic E-state index is 12.4. The second kappa shape index (κ2) is 6.43. The molecule has 1 unspecified atom stereocenters. The van der Waals surface area contributed by atoms with Gasteiger partial charge in [-0.15, -0.1) is 0 Å². The van der Waals surface area contributed by atoms with E-state index in [4.69, 9.17) is 5.73 Å². The van der Waals surface area contributed by atoms with Crippen molar-refractivity contribution in [3.8, 4) is 0 Å². The zero-order valence-electron chi connectivity index (χ0n) is 12.7. The molecule has 2 aromatic rings. The van der Waals surface area contributed by atoms with Crippen molar-refractivity contribution >= 4 is 11.6 Å². The second-order valence-electron chi connectivity index (χ2n) is 5.42. The number of hydrogen-bond acceptors (Lipinski definition) is 3. The lowest BCUT2D eigenvalue weighted by Crippen LogP contribution is -2.32. The van der Waals surface area contributed by atoms with Crippen LogP contribution in [0.4, 0.5) is 5.69 Å². The first-order valence-electron chi connectivity index (χ1n) is 7.23. The molecule has 5 nitrogen and oxygen atoms in total. The summed E-state index contributed by atoms with van der Waals surface area (Å²) in [5.41, 5.74) is 8.53. The summed E-state index contributed by atoms with van der Waals surface area (Å²) in [6.07, 6.45) is 0.721. The zero-order chi connectivity index (χ0) is 15.4. The first-order chi connectivity index (χ1) is 10.0. The first-order valence-corrected chi connectivity index (χ1v) is 7.23. The van der Waals surface area contributed by atoms with Gasteiger partial charge in [0.05, 0.1) is 17.4 Å². The maximum Gasteiger partial charge on any atom is 0.274 e. The molecule has 4 N–H and O–H groups in total. The van der Waals surface area contributed by atoms with Crippen LogP contribution in [0.2, 0.25) is 0 Å². The molecule has 0 saturated carbocycles. The maximum absolute atomic E-state index is 12.4. The summed E-state index contributed by atoms with van der Waals surface area (Å²) < 4.78 is 0. The van der Waals surface area contributed by atoms with E-state index in [1.165, 1.54) is 0 Å². The van der Waals surface area contributed by atoms with Crippen LogP contribution in [0.25, 0.3) is 0 Å². The SMILES string of the molecule is CCc1[nH]nc(C(=O)NC(c2ccccc2)C(C)C)c1N. The van der Waals surface area contributed by atoms with Gasteiger partial charge in [-0.25, -0.2) is 0 Å². The lowest BCUT2D eigenvalue weighted by molar-refractivity contribution is 0.0921. The normalized spacial score (nSPS) is 12.4. The van der Waals surface area contributed by atoms with Crippen molar-refractivity contribution in [3.63, 3.8) is 0 Å². The highest BCUT2D eigenvalue weighted by molar-refractivity contribution is 5.97. The Balaban J connectivity index is 2.21. The fraction of sp³-hybridized carbons (Fsp3) is 0.375. The molecule has 1 heterocycles. The van der Waals surface area contributed by atoms with E-state index >= 15 is 0 Å². The van der Waals surface area contributed by atoms with Crippen molar-refractivity contribution in [1.82, 2.24) is 15.5 Å². The van der Waals surface area contributed by atoms with Crippen molar-refractivity contribution < 1.29 is 4.79 Å². The summed E-state index contributed by atoms with van der Waals surface area (Å²) in [6.45, 7) is 6.11. The van der Waals surface area contributed by atoms with Crippen LogP contribution in [0.15, 0.2) is 30.3 Å². The van der Waals surface area contributed by atoms with Gasteiger partial charge in [-0.3, -0.25) is 9.89 Å². The third-order valence-electron chi connectivity index (χ3n) is 3.56. The van der Waals surface area contributed by atoms with E-state index in [9.17, 15) is 4.79 Å². The molecule has 21 heavy (non-hydrogen) atoms. The lowest BCUT2D eigenvalue weighted by Gasteiger charge is -2.22. The number of anilines is 1. The van der Waals surface area contributed by atoms with Gasteiger partial charge in [-0.2, -0.15) is 5.10 Å². The number of benzene rings is 1. The van der Waals surface area contributed by atoms with Gasteiger partial charge >= 0.3 is 0 Å². The number of hydrogen-bond donors (Lipinski definition) is 3. The average molecular weight is 286 g/mol. The largest absolute Gasteiger partial charge is 0.395 e. The van der Waals surface area contributed by atoms with Gasteiger partial charge in [0.15, 0.2) is 5.69 Å².